The number of hydrogen-bond donors (Lipinski definition) is 2. The minimum Gasteiger partial charge on any atom is -0.493 e. The Morgan fingerprint density at radius 1 is 1.31 bits per heavy atom. The van der Waals surface area contributed by atoms with E-state index in [0.29, 0.717) is 6.54 Å². The summed E-state index contributed by atoms with van der Waals surface area (Å²) in [5.41, 5.74) is 7.77. The topological polar surface area (TPSA) is 51.0 Å². The lowest BCUT2D eigenvalue weighted by Gasteiger charge is -2.04. The third kappa shape index (κ3) is 1.91. The minimum absolute atomic E-state index is 0.549. The Bertz CT molecular complexity index is 500. The van der Waals surface area contributed by atoms with Crippen LogP contribution in [0.2, 0.25) is 0 Å². The fourth-order valence-corrected chi connectivity index (χ4v) is 1.86. The van der Waals surface area contributed by atoms with Gasteiger partial charge in [-0.25, -0.2) is 0 Å². The summed E-state index contributed by atoms with van der Waals surface area (Å²) in [5.74, 6) is 1.74. The summed E-state index contributed by atoms with van der Waals surface area (Å²) in [6, 6.07) is 8.24. The summed E-state index contributed by atoms with van der Waals surface area (Å²) in [6.07, 6.45) is 2.64. The second kappa shape index (κ2) is 3.83. The van der Waals surface area contributed by atoms with Crippen LogP contribution in [0.3, 0.4) is 0 Å². The molecule has 1 aromatic heterocycles. The fourth-order valence-electron chi connectivity index (χ4n) is 1.86. The van der Waals surface area contributed by atoms with E-state index in [4.69, 9.17) is 10.5 Å². The number of nitrogens with one attached hydrogen (secondary N) is 1. The highest BCUT2D eigenvalue weighted by Gasteiger charge is 2.21. The van der Waals surface area contributed by atoms with Crippen molar-refractivity contribution in [2.75, 3.05) is 6.61 Å². The van der Waals surface area contributed by atoms with E-state index in [0.717, 1.165) is 29.5 Å². The molecule has 3 heteroatoms. The molecule has 2 aromatic rings. The molecule has 1 aliphatic carbocycles. The first-order chi connectivity index (χ1) is 7.85. The first-order valence-corrected chi connectivity index (χ1v) is 5.79. The van der Waals surface area contributed by atoms with Gasteiger partial charge in [0.2, 0.25) is 0 Å². The fraction of sp³-hybridized carbons (Fsp3) is 0.385. The van der Waals surface area contributed by atoms with Crippen LogP contribution in [0.15, 0.2) is 24.3 Å². The molecule has 3 N–H and O–H groups in total. The normalized spacial score (nSPS) is 15.6. The van der Waals surface area contributed by atoms with Crippen molar-refractivity contribution in [1.29, 1.82) is 0 Å². The van der Waals surface area contributed by atoms with Crippen LogP contribution < -0.4 is 10.5 Å². The number of benzene rings is 1. The van der Waals surface area contributed by atoms with E-state index in [9.17, 15) is 0 Å². The zero-order chi connectivity index (χ0) is 11.0. The zero-order valence-electron chi connectivity index (χ0n) is 9.20. The van der Waals surface area contributed by atoms with Gasteiger partial charge in [0.05, 0.1) is 6.61 Å². The Morgan fingerprint density at radius 2 is 2.19 bits per heavy atom. The molecule has 0 radical (unpaired) electrons. The van der Waals surface area contributed by atoms with E-state index in [2.05, 4.69) is 23.2 Å². The summed E-state index contributed by atoms with van der Waals surface area (Å²) in [7, 11) is 0. The van der Waals surface area contributed by atoms with Gasteiger partial charge >= 0.3 is 0 Å². The van der Waals surface area contributed by atoms with E-state index in [-0.39, 0.29) is 0 Å². The molecule has 1 heterocycles. The van der Waals surface area contributed by atoms with Gasteiger partial charge in [-0.05, 0) is 42.3 Å². The van der Waals surface area contributed by atoms with Crippen molar-refractivity contribution in [2.24, 2.45) is 11.7 Å². The van der Waals surface area contributed by atoms with E-state index >= 15 is 0 Å². The Morgan fingerprint density at radius 3 is 2.94 bits per heavy atom. The molecule has 0 spiro atoms. The molecule has 3 nitrogen and oxygen atoms in total. The van der Waals surface area contributed by atoms with Crippen molar-refractivity contribution in [3.63, 3.8) is 0 Å². The zero-order valence-corrected chi connectivity index (χ0v) is 9.20. The monoisotopic (exact) mass is 216 g/mol. The molecule has 0 aliphatic heterocycles. The van der Waals surface area contributed by atoms with Crippen LogP contribution in [-0.4, -0.2) is 11.6 Å². The molecule has 0 unspecified atom stereocenters. The quantitative estimate of drug-likeness (QED) is 0.824. The lowest BCUT2D eigenvalue weighted by atomic mass is 10.2. The van der Waals surface area contributed by atoms with Crippen molar-refractivity contribution in [3.05, 3.63) is 30.0 Å². The minimum atomic E-state index is 0.549. The number of hydrogen-bond acceptors (Lipinski definition) is 2. The number of aromatic amines is 1. The first-order valence-electron chi connectivity index (χ1n) is 5.79. The van der Waals surface area contributed by atoms with Gasteiger partial charge in [0.1, 0.15) is 5.75 Å². The molecule has 84 valence electrons. The molecule has 16 heavy (non-hydrogen) atoms. The van der Waals surface area contributed by atoms with Gasteiger partial charge in [-0.2, -0.15) is 0 Å². The molecule has 1 aliphatic rings. The van der Waals surface area contributed by atoms with Gasteiger partial charge in [-0.3, -0.25) is 0 Å². The summed E-state index contributed by atoms with van der Waals surface area (Å²) in [4.78, 5) is 3.28. The van der Waals surface area contributed by atoms with Gasteiger partial charge in [0, 0.05) is 23.8 Å². The van der Waals surface area contributed by atoms with E-state index < -0.39 is 0 Å². The summed E-state index contributed by atoms with van der Waals surface area (Å²) >= 11 is 0. The highest BCUT2D eigenvalue weighted by Crippen LogP contribution is 2.30. The predicted molar refractivity (Wildman–Crippen MR) is 64.4 cm³/mol. The highest BCUT2D eigenvalue weighted by atomic mass is 16.5. The Hall–Kier alpha value is -1.48. The second-order valence-electron chi connectivity index (χ2n) is 4.50. The number of ether oxygens (including phenoxy) is 1. The van der Waals surface area contributed by atoms with Gasteiger partial charge < -0.3 is 15.5 Å². The van der Waals surface area contributed by atoms with Crippen LogP contribution in [0, 0.1) is 5.92 Å². The lowest BCUT2D eigenvalue weighted by molar-refractivity contribution is 0.300. The van der Waals surface area contributed by atoms with Crippen molar-refractivity contribution < 1.29 is 4.74 Å². The van der Waals surface area contributed by atoms with Gasteiger partial charge in [0.15, 0.2) is 0 Å². The number of rotatable bonds is 4. The van der Waals surface area contributed by atoms with Crippen LogP contribution in [0.1, 0.15) is 18.5 Å². The third-order valence-corrected chi connectivity index (χ3v) is 3.05. The van der Waals surface area contributed by atoms with Crippen LogP contribution in [0.25, 0.3) is 10.9 Å². The maximum Gasteiger partial charge on any atom is 0.121 e. The average molecular weight is 216 g/mol. The van der Waals surface area contributed by atoms with E-state index in [1.165, 1.54) is 18.2 Å². The predicted octanol–water partition coefficient (Wildman–Crippen LogP) is 2.42. The molecule has 0 bridgehead atoms. The van der Waals surface area contributed by atoms with Crippen LogP contribution in [0.5, 0.6) is 5.75 Å². The molecular formula is C13H16N2O. The van der Waals surface area contributed by atoms with Gasteiger partial charge in [-0.1, -0.05) is 0 Å². The van der Waals surface area contributed by atoms with Crippen molar-refractivity contribution >= 4 is 10.9 Å². The number of fused-ring (bicyclic) bond motifs is 1. The molecule has 0 atom stereocenters. The standard InChI is InChI=1S/C13H16N2O/c14-7-11-5-10-3-4-12(6-13(10)15-11)16-8-9-1-2-9/h3-6,9,15H,1-2,7-8,14H2. The highest BCUT2D eigenvalue weighted by molar-refractivity contribution is 5.81. The average Bonchev–Trinajstić information content (AvgIpc) is 3.04. The third-order valence-electron chi connectivity index (χ3n) is 3.05. The first kappa shape index (κ1) is 9.73. The van der Waals surface area contributed by atoms with E-state index in [1.807, 2.05) is 6.07 Å². The number of nitrogens with two attached hydrogens (primary N) is 1. The number of H-pyrrole nitrogens is 1. The Kier molecular flexibility index (Phi) is 2.33. The van der Waals surface area contributed by atoms with Crippen LogP contribution in [-0.2, 0) is 6.54 Å². The summed E-state index contributed by atoms with van der Waals surface area (Å²) in [6.45, 7) is 1.41. The van der Waals surface area contributed by atoms with Crippen LogP contribution >= 0.6 is 0 Å². The maximum atomic E-state index is 5.73. The lowest BCUT2D eigenvalue weighted by Crippen LogP contribution is -1.98. The summed E-state index contributed by atoms with van der Waals surface area (Å²) < 4.78 is 5.73. The van der Waals surface area contributed by atoms with Crippen LogP contribution in [0.4, 0.5) is 0 Å². The van der Waals surface area contributed by atoms with Crippen molar-refractivity contribution in [1.82, 2.24) is 4.98 Å². The van der Waals surface area contributed by atoms with Crippen molar-refractivity contribution in [2.45, 2.75) is 19.4 Å². The Balaban J connectivity index is 1.82. The SMILES string of the molecule is NCc1cc2ccc(OCC3CC3)cc2[nH]1. The van der Waals surface area contributed by atoms with Crippen molar-refractivity contribution in [3.8, 4) is 5.75 Å². The maximum absolute atomic E-state index is 5.73. The number of aromatic nitrogens is 1. The second-order valence-corrected chi connectivity index (χ2v) is 4.50. The molecular weight excluding hydrogens is 200 g/mol. The largest absolute Gasteiger partial charge is 0.493 e. The molecule has 1 saturated carbocycles. The van der Waals surface area contributed by atoms with E-state index in [1.54, 1.807) is 0 Å². The molecule has 1 aromatic carbocycles. The molecule has 1 fully saturated rings. The Labute approximate surface area is 94.6 Å². The van der Waals surface area contributed by atoms with Gasteiger partial charge in [-0.15, -0.1) is 0 Å². The molecule has 3 rings (SSSR count). The summed E-state index contributed by atoms with van der Waals surface area (Å²) in [5, 5.41) is 1.19. The molecule has 0 saturated heterocycles. The molecule has 0 amide bonds. The van der Waals surface area contributed by atoms with Gasteiger partial charge in [0.25, 0.3) is 0 Å². The smallest absolute Gasteiger partial charge is 0.121 e.